The van der Waals surface area contributed by atoms with Gasteiger partial charge in [-0.3, -0.25) is 9.59 Å². The molecule has 0 heterocycles. The maximum Gasteiger partial charge on any atom is 0.279 e. The molecule has 148 valence electrons. The maximum atomic E-state index is 13.2. The first kappa shape index (κ1) is 20.2. The van der Waals surface area contributed by atoms with Crippen LogP contribution in [0.5, 0.6) is 0 Å². The van der Waals surface area contributed by atoms with Gasteiger partial charge >= 0.3 is 0 Å². The average Bonchev–Trinajstić information content (AvgIpc) is 2.68. The Bertz CT molecular complexity index is 992. The van der Waals surface area contributed by atoms with Crippen LogP contribution in [0.3, 0.4) is 0 Å². The molecule has 3 rings (SSSR count). The lowest BCUT2D eigenvalue weighted by molar-refractivity contribution is -0.862. The number of anilines is 2. The fourth-order valence-corrected chi connectivity index (χ4v) is 3.04. The molecule has 6 heteroatoms. The second kappa shape index (κ2) is 9.61. The monoisotopic (exact) mass is 392 g/mol. The van der Waals surface area contributed by atoms with Crippen molar-refractivity contribution in [2.45, 2.75) is 0 Å². The van der Waals surface area contributed by atoms with E-state index in [1.807, 2.05) is 54.6 Å². The number of carbonyl (C=O) groups is 2. The summed E-state index contributed by atoms with van der Waals surface area (Å²) in [5, 5.41) is 5.56. The zero-order valence-corrected chi connectivity index (χ0v) is 16.1. The number of likely N-dealkylation sites (N-methyl/N-ethyl adjacent to an activating group) is 1. The van der Waals surface area contributed by atoms with Crippen LogP contribution >= 0.6 is 0 Å². The third kappa shape index (κ3) is 5.99. The molecule has 0 bridgehead atoms. The Morgan fingerprint density at radius 3 is 2.21 bits per heavy atom. The van der Waals surface area contributed by atoms with Gasteiger partial charge in [-0.15, -0.1) is 0 Å². The minimum atomic E-state index is -0.417. The lowest BCUT2D eigenvalue weighted by Crippen LogP contribution is -3.11. The zero-order valence-electron chi connectivity index (χ0n) is 16.1. The van der Waals surface area contributed by atoms with Crippen molar-refractivity contribution in [1.82, 2.24) is 0 Å². The second-order valence-corrected chi connectivity index (χ2v) is 6.83. The van der Waals surface area contributed by atoms with E-state index in [0.29, 0.717) is 10.6 Å². The molecule has 3 aromatic rings. The number of benzene rings is 3. The van der Waals surface area contributed by atoms with Crippen LogP contribution in [0.1, 0.15) is 0 Å². The number of rotatable bonds is 7. The van der Waals surface area contributed by atoms with Crippen LogP contribution in [0.2, 0.25) is 0 Å². The molecule has 3 aromatic carbocycles. The Morgan fingerprint density at radius 1 is 0.828 bits per heavy atom. The Morgan fingerprint density at radius 2 is 1.48 bits per heavy atom. The van der Waals surface area contributed by atoms with Gasteiger partial charge in [-0.2, -0.15) is 0 Å². The molecule has 0 aromatic heterocycles. The molecule has 1 atom stereocenters. The third-order valence-corrected chi connectivity index (χ3v) is 4.32. The van der Waals surface area contributed by atoms with Gasteiger partial charge in [0.25, 0.3) is 11.8 Å². The van der Waals surface area contributed by atoms with E-state index >= 15 is 0 Å². The predicted octanol–water partition coefficient (Wildman–Crippen LogP) is 2.58. The number of hydrogen-bond acceptors (Lipinski definition) is 2. The van der Waals surface area contributed by atoms with Gasteiger partial charge in [-0.1, -0.05) is 54.6 Å². The first-order valence-electron chi connectivity index (χ1n) is 9.32. The molecule has 5 nitrogen and oxygen atoms in total. The number of amides is 2. The van der Waals surface area contributed by atoms with Crippen LogP contribution in [-0.2, 0) is 9.59 Å². The molecular weight excluding hydrogens is 369 g/mol. The van der Waals surface area contributed by atoms with Crippen molar-refractivity contribution < 1.29 is 18.9 Å². The number of carbonyl (C=O) groups excluding carboxylic acids is 2. The Kier molecular flexibility index (Phi) is 6.71. The average molecular weight is 392 g/mol. The van der Waals surface area contributed by atoms with Crippen LogP contribution in [0, 0.1) is 5.82 Å². The van der Waals surface area contributed by atoms with Gasteiger partial charge in [0, 0.05) is 16.9 Å². The molecule has 0 saturated heterocycles. The third-order valence-electron chi connectivity index (χ3n) is 4.32. The molecule has 29 heavy (non-hydrogen) atoms. The summed E-state index contributed by atoms with van der Waals surface area (Å²) in [6, 6.07) is 23.1. The maximum absolute atomic E-state index is 13.2. The molecule has 0 spiro atoms. The van der Waals surface area contributed by atoms with Crippen LogP contribution in [-0.4, -0.2) is 32.0 Å². The molecule has 0 saturated carbocycles. The number of halogens is 1. The van der Waals surface area contributed by atoms with E-state index < -0.39 is 5.82 Å². The highest BCUT2D eigenvalue weighted by atomic mass is 19.1. The van der Waals surface area contributed by atoms with Crippen molar-refractivity contribution in [3.8, 4) is 11.1 Å². The normalized spacial score (nSPS) is 11.5. The largest absolute Gasteiger partial charge is 0.322 e. The fourth-order valence-electron chi connectivity index (χ4n) is 3.04. The van der Waals surface area contributed by atoms with Gasteiger partial charge in [0.15, 0.2) is 13.1 Å². The first-order valence-corrected chi connectivity index (χ1v) is 9.32. The zero-order chi connectivity index (χ0) is 20.6. The predicted molar refractivity (Wildman–Crippen MR) is 112 cm³/mol. The summed E-state index contributed by atoms with van der Waals surface area (Å²) in [6.07, 6.45) is 0. The molecule has 2 amide bonds. The number of quaternary nitrogens is 1. The minimum absolute atomic E-state index is 0.0876. The van der Waals surface area contributed by atoms with E-state index in [4.69, 9.17) is 0 Å². The highest BCUT2D eigenvalue weighted by Crippen LogP contribution is 2.27. The number of para-hydroxylation sites is 1. The van der Waals surface area contributed by atoms with Crippen molar-refractivity contribution in [2.24, 2.45) is 0 Å². The van der Waals surface area contributed by atoms with Gasteiger partial charge < -0.3 is 15.5 Å². The lowest BCUT2D eigenvalue weighted by Gasteiger charge is -2.15. The van der Waals surface area contributed by atoms with Crippen LogP contribution < -0.4 is 15.5 Å². The van der Waals surface area contributed by atoms with Crippen molar-refractivity contribution >= 4 is 23.2 Å². The summed E-state index contributed by atoms with van der Waals surface area (Å²) in [5.41, 5.74) is 3.06. The standard InChI is InChI=1S/C23H22FN3O2/c1-27(15-22(28)25-19-11-7-10-18(24)14-19)16-23(29)26-21-13-6-5-12-20(21)17-8-3-2-4-9-17/h2-14H,15-16H2,1H3,(H,25,28)(H,26,29)/p+1. The summed E-state index contributed by atoms with van der Waals surface area (Å²) in [7, 11) is 1.76. The summed E-state index contributed by atoms with van der Waals surface area (Å²) in [4.78, 5) is 25.3. The van der Waals surface area contributed by atoms with Gasteiger partial charge in [0.05, 0.1) is 7.05 Å². The topological polar surface area (TPSA) is 62.6 Å². The summed E-state index contributed by atoms with van der Waals surface area (Å²) >= 11 is 0. The highest BCUT2D eigenvalue weighted by molar-refractivity contribution is 5.96. The van der Waals surface area contributed by atoms with E-state index in [1.54, 1.807) is 13.1 Å². The van der Waals surface area contributed by atoms with E-state index in [2.05, 4.69) is 10.6 Å². The summed E-state index contributed by atoms with van der Waals surface area (Å²) in [5.74, 6) is -0.894. The van der Waals surface area contributed by atoms with Crippen molar-refractivity contribution in [1.29, 1.82) is 0 Å². The second-order valence-electron chi connectivity index (χ2n) is 6.83. The SMILES string of the molecule is C[NH+](CC(=O)Nc1cccc(F)c1)CC(=O)Nc1ccccc1-c1ccccc1. The molecule has 0 radical (unpaired) electrons. The quantitative estimate of drug-likeness (QED) is 0.579. The fraction of sp³-hybridized carbons (Fsp3) is 0.130. The molecule has 0 aliphatic rings. The highest BCUT2D eigenvalue weighted by Gasteiger charge is 2.16. The molecule has 3 N–H and O–H groups in total. The van der Waals surface area contributed by atoms with Gasteiger partial charge in [0.2, 0.25) is 0 Å². The van der Waals surface area contributed by atoms with Gasteiger partial charge in [-0.05, 0) is 29.8 Å². The summed E-state index contributed by atoms with van der Waals surface area (Å²) in [6.45, 7) is 0.212. The van der Waals surface area contributed by atoms with Crippen molar-refractivity contribution in [2.75, 3.05) is 30.8 Å². The Hall–Kier alpha value is -3.51. The molecule has 0 aliphatic heterocycles. The van der Waals surface area contributed by atoms with E-state index in [9.17, 15) is 14.0 Å². The molecular formula is C23H23FN3O2+. The van der Waals surface area contributed by atoms with Crippen LogP contribution in [0.15, 0.2) is 78.9 Å². The van der Waals surface area contributed by atoms with Crippen LogP contribution in [0.25, 0.3) is 11.1 Å². The number of hydrogen-bond donors (Lipinski definition) is 3. The van der Waals surface area contributed by atoms with Gasteiger partial charge in [0.1, 0.15) is 5.82 Å². The van der Waals surface area contributed by atoms with E-state index in [0.717, 1.165) is 16.8 Å². The van der Waals surface area contributed by atoms with E-state index in [-0.39, 0.29) is 24.9 Å². The molecule has 0 aliphatic carbocycles. The molecule has 0 fully saturated rings. The van der Waals surface area contributed by atoms with E-state index in [1.165, 1.54) is 18.2 Å². The molecule has 1 unspecified atom stereocenters. The Balaban J connectivity index is 1.56. The van der Waals surface area contributed by atoms with Crippen LogP contribution in [0.4, 0.5) is 15.8 Å². The van der Waals surface area contributed by atoms with Crippen molar-refractivity contribution in [3.63, 3.8) is 0 Å². The number of nitrogens with one attached hydrogen (secondary N) is 3. The van der Waals surface area contributed by atoms with Gasteiger partial charge in [-0.25, -0.2) is 4.39 Å². The van der Waals surface area contributed by atoms with Crippen molar-refractivity contribution in [3.05, 3.63) is 84.7 Å². The lowest BCUT2D eigenvalue weighted by atomic mass is 10.0. The minimum Gasteiger partial charge on any atom is -0.322 e. The summed E-state index contributed by atoms with van der Waals surface area (Å²) < 4.78 is 13.2. The Labute approximate surface area is 169 Å². The first-order chi connectivity index (χ1) is 14.0. The smallest absolute Gasteiger partial charge is 0.279 e.